The van der Waals surface area contributed by atoms with Crippen LogP contribution in [-0.4, -0.2) is 32.3 Å². The predicted molar refractivity (Wildman–Crippen MR) is 125 cm³/mol. The minimum absolute atomic E-state index is 0.215. The van der Waals surface area contributed by atoms with E-state index in [4.69, 9.17) is 9.15 Å². The predicted octanol–water partition coefficient (Wildman–Crippen LogP) is 5.20. The molecule has 6 nitrogen and oxygen atoms in total. The number of hydrogen-bond donors (Lipinski definition) is 1. The van der Waals surface area contributed by atoms with E-state index in [1.807, 2.05) is 54.6 Å². The molecule has 0 fully saturated rings. The van der Waals surface area contributed by atoms with E-state index in [1.54, 1.807) is 19.4 Å². The molecular weight excluding hydrogens is 390 g/mol. The highest BCUT2D eigenvalue weighted by Gasteiger charge is 2.13. The molecular formula is C25H25N3O3. The summed E-state index contributed by atoms with van der Waals surface area (Å²) >= 11 is 0. The van der Waals surface area contributed by atoms with Crippen molar-refractivity contribution < 1.29 is 13.9 Å². The zero-order chi connectivity index (χ0) is 21.8. The first-order valence-corrected chi connectivity index (χ1v) is 10.3. The number of nitrogens with one attached hydrogen (secondary N) is 1. The van der Waals surface area contributed by atoms with E-state index in [0.29, 0.717) is 11.3 Å². The van der Waals surface area contributed by atoms with E-state index in [0.717, 1.165) is 40.5 Å². The summed E-state index contributed by atoms with van der Waals surface area (Å²) in [6.07, 6.45) is 1.57. The number of fused-ring (bicyclic) bond motifs is 3. The number of nitrogens with zero attached hydrogens (tertiary/aromatic N) is 2. The van der Waals surface area contributed by atoms with Crippen LogP contribution in [0.3, 0.4) is 0 Å². The zero-order valence-electron chi connectivity index (χ0n) is 17.9. The Hall–Kier alpha value is -3.80. The highest BCUT2D eigenvalue weighted by molar-refractivity contribution is 6.08. The summed E-state index contributed by atoms with van der Waals surface area (Å²) < 4.78 is 11.2. The molecule has 0 spiro atoms. The van der Waals surface area contributed by atoms with Gasteiger partial charge in [0.2, 0.25) is 0 Å². The summed E-state index contributed by atoms with van der Waals surface area (Å²) in [4.78, 5) is 14.8. The topological polar surface area (TPSA) is 67.1 Å². The molecule has 0 aliphatic heterocycles. The molecule has 1 heterocycles. The Morgan fingerprint density at radius 2 is 1.87 bits per heavy atom. The van der Waals surface area contributed by atoms with Crippen LogP contribution in [0.5, 0.6) is 5.75 Å². The molecule has 0 bridgehead atoms. The molecule has 0 radical (unpaired) electrons. The van der Waals surface area contributed by atoms with Crippen LogP contribution in [0.15, 0.2) is 70.2 Å². The first-order valence-electron chi connectivity index (χ1n) is 10.3. The molecule has 1 amide bonds. The van der Waals surface area contributed by atoms with Crippen molar-refractivity contribution in [1.82, 2.24) is 5.43 Å². The molecule has 0 saturated heterocycles. The van der Waals surface area contributed by atoms with Crippen LogP contribution in [0.4, 0.5) is 5.69 Å². The number of anilines is 1. The van der Waals surface area contributed by atoms with Gasteiger partial charge in [-0.3, -0.25) is 4.79 Å². The quantitative estimate of drug-likeness (QED) is 0.333. The molecule has 0 aliphatic rings. The summed E-state index contributed by atoms with van der Waals surface area (Å²) in [5.41, 5.74) is 5.06. The number of carbonyl (C=O) groups is 1. The molecule has 0 aliphatic carbocycles. The number of ether oxygens (including phenoxy) is 1. The number of hydrazone groups is 1. The number of amides is 1. The number of methoxy groups -OCH3 is 1. The molecule has 1 N–H and O–H groups in total. The number of benzene rings is 3. The first-order chi connectivity index (χ1) is 15.1. The van der Waals surface area contributed by atoms with E-state index in [1.165, 1.54) is 0 Å². The highest BCUT2D eigenvalue weighted by atomic mass is 16.5. The average molecular weight is 415 g/mol. The molecule has 0 atom stereocenters. The first kappa shape index (κ1) is 20.5. The fraction of sp³-hybridized carbons (Fsp3) is 0.200. The van der Waals surface area contributed by atoms with Crippen LogP contribution in [0, 0.1) is 0 Å². The van der Waals surface area contributed by atoms with Crippen LogP contribution in [0.25, 0.3) is 21.7 Å². The average Bonchev–Trinajstić information content (AvgIpc) is 3.25. The standard InChI is InChI=1S/C25H25N3O3/c1-4-28(5-2)19-12-10-18(23(14-19)30-3)16-26-27-25(29)24-15-21-20-9-7-6-8-17(20)11-13-22(21)31-24/h6-16H,4-5H2,1-3H3,(H,27,29)/b26-16-. The minimum atomic E-state index is -0.407. The molecule has 31 heavy (non-hydrogen) atoms. The van der Waals surface area contributed by atoms with Crippen molar-refractivity contribution in [3.8, 4) is 5.75 Å². The molecule has 0 saturated carbocycles. The molecule has 6 heteroatoms. The van der Waals surface area contributed by atoms with Gasteiger partial charge < -0.3 is 14.1 Å². The lowest BCUT2D eigenvalue weighted by atomic mass is 10.1. The van der Waals surface area contributed by atoms with Gasteiger partial charge >= 0.3 is 5.91 Å². The smallest absolute Gasteiger partial charge is 0.307 e. The summed E-state index contributed by atoms with van der Waals surface area (Å²) in [6, 6.07) is 19.5. The SMILES string of the molecule is CCN(CC)c1ccc(/C=N\NC(=O)c2cc3c(ccc4ccccc43)o2)c(OC)c1. The molecule has 1 aromatic heterocycles. The lowest BCUT2D eigenvalue weighted by molar-refractivity contribution is 0.0929. The third kappa shape index (κ3) is 4.10. The number of carbonyl (C=O) groups excluding carboxylic acids is 1. The van der Waals surface area contributed by atoms with Crippen molar-refractivity contribution in [2.24, 2.45) is 5.10 Å². The number of furan rings is 1. The van der Waals surface area contributed by atoms with Crippen LogP contribution in [0.2, 0.25) is 0 Å². The Morgan fingerprint density at radius 3 is 2.65 bits per heavy atom. The van der Waals surface area contributed by atoms with Gasteiger partial charge in [0.05, 0.1) is 13.3 Å². The van der Waals surface area contributed by atoms with Crippen LogP contribution in [0.1, 0.15) is 30.0 Å². The Morgan fingerprint density at radius 1 is 1.06 bits per heavy atom. The maximum absolute atomic E-state index is 12.6. The van der Waals surface area contributed by atoms with Crippen molar-refractivity contribution in [2.75, 3.05) is 25.1 Å². The van der Waals surface area contributed by atoms with Gasteiger partial charge in [-0.1, -0.05) is 30.3 Å². The molecule has 4 aromatic rings. The van der Waals surface area contributed by atoms with E-state index in [2.05, 4.69) is 29.3 Å². The van der Waals surface area contributed by atoms with Gasteiger partial charge in [-0.05, 0) is 48.9 Å². The maximum atomic E-state index is 12.6. The molecule has 0 unspecified atom stereocenters. The van der Waals surface area contributed by atoms with E-state index < -0.39 is 5.91 Å². The fourth-order valence-electron chi connectivity index (χ4n) is 3.71. The Balaban J connectivity index is 1.52. The zero-order valence-corrected chi connectivity index (χ0v) is 17.9. The normalized spacial score (nSPS) is 11.3. The van der Waals surface area contributed by atoms with Crippen molar-refractivity contribution in [3.63, 3.8) is 0 Å². The third-order valence-electron chi connectivity index (χ3n) is 5.37. The van der Waals surface area contributed by atoms with Gasteiger partial charge in [-0.25, -0.2) is 5.43 Å². The van der Waals surface area contributed by atoms with E-state index in [9.17, 15) is 4.79 Å². The minimum Gasteiger partial charge on any atom is -0.496 e. The van der Waals surface area contributed by atoms with Gasteiger partial charge in [-0.15, -0.1) is 0 Å². The number of hydrogen-bond acceptors (Lipinski definition) is 5. The Bertz CT molecular complexity index is 1260. The largest absolute Gasteiger partial charge is 0.496 e. The molecule has 3 aromatic carbocycles. The maximum Gasteiger partial charge on any atom is 0.307 e. The Kier molecular flexibility index (Phi) is 5.89. The Labute approximate surface area is 181 Å². The summed E-state index contributed by atoms with van der Waals surface area (Å²) in [5, 5.41) is 7.14. The van der Waals surface area contributed by atoms with Gasteiger partial charge in [0.15, 0.2) is 5.76 Å². The van der Waals surface area contributed by atoms with Gasteiger partial charge in [0.1, 0.15) is 11.3 Å². The van der Waals surface area contributed by atoms with Gasteiger partial charge in [-0.2, -0.15) is 5.10 Å². The number of rotatable bonds is 7. The van der Waals surface area contributed by atoms with Gasteiger partial charge in [0.25, 0.3) is 0 Å². The third-order valence-corrected chi connectivity index (χ3v) is 5.37. The second-order valence-corrected chi connectivity index (χ2v) is 7.11. The van der Waals surface area contributed by atoms with Crippen molar-refractivity contribution in [2.45, 2.75) is 13.8 Å². The highest BCUT2D eigenvalue weighted by Crippen LogP contribution is 2.28. The van der Waals surface area contributed by atoms with Crippen LogP contribution >= 0.6 is 0 Å². The monoisotopic (exact) mass is 415 g/mol. The van der Waals surface area contributed by atoms with Crippen molar-refractivity contribution in [1.29, 1.82) is 0 Å². The van der Waals surface area contributed by atoms with Crippen LogP contribution < -0.4 is 15.1 Å². The lowest BCUT2D eigenvalue weighted by Crippen LogP contribution is -2.21. The fourth-order valence-corrected chi connectivity index (χ4v) is 3.71. The van der Waals surface area contributed by atoms with Crippen molar-refractivity contribution in [3.05, 3.63) is 72.0 Å². The van der Waals surface area contributed by atoms with Crippen LogP contribution in [-0.2, 0) is 0 Å². The second-order valence-electron chi connectivity index (χ2n) is 7.11. The van der Waals surface area contributed by atoms with Crippen molar-refractivity contribution >= 4 is 39.6 Å². The molecule has 158 valence electrons. The van der Waals surface area contributed by atoms with Gasteiger partial charge in [0, 0.05) is 35.8 Å². The van der Waals surface area contributed by atoms with E-state index in [-0.39, 0.29) is 5.76 Å². The summed E-state index contributed by atoms with van der Waals surface area (Å²) in [6.45, 7) is 6.05. The summed E-state index contributed by atoms with van der Waals surface area (Å²) in [5.74, 6) is 0.500. The second kappa shape index (κ2) is 8.92. The molecule has 4 rings (SSSR count). The lowest BCUT2D eigenvalue weighted by Gasteiger charge is -2.21. The van der Waals surface area contributed by atoms with E-state index >= 15 is 0 Å². The summed E-state index contributed by atoms with van der Waals surface area (Å²) in [7, 11) is 1.62.